The molecule has 1 aromatic carbocycles. The Bertz CT molecular complexity index is 317. The fourth-order valence-corrected chi connectivity index (χ4v) is 1.34. The molecule has 0 saturated carbocycles. The van der Waals surface area contributed by atoms with Gasteiger partial charge in [-0.3, -0.25) is 4.79 Å². The summed E-state index contributed by atoms with van der Waals surface area (Å²) >= 11 is 0. The first-order valence-corrected chi connectivity index (χ1v) is 4.89. The monoisotopic (exact) mass is 208 g/mol. The van der Waals surface area contributed by atoms with Crippen LogP contribution in [0.5, 0.6) is 0 Å². The van der Waals surface area contributed by atoms with Crippen LogP contribution in [0.15, 0.2) is 30.3 Å². The number of hydrogen-bond acceptors (Lipinski definition) is 3. The van der Waals surface area contributed by atoms with Crippen molar-refractivity contribution in [2.24, 2.45) is 0 Å². The maximum Gasteiger partial charge on any atom is 0.302 e. The van der Waals surface area contributed by atoms with Crippen molar-refractivity contribution in [3.05, 3.63) is 35.9 Å². The molecule has 0 aliphatic heterocycles. The van der Waals surface area contributed by atoms with E-state index < -0.39 is 5.60 Å². The average molecular weight is 208 g/mol. The lowest BCUT2D eigenvalue weighted by Gasteiger charge is -2.22. The van der Waals surface area contributed by atoms with Gasteiger partial charge in [0.2, 0.25) is 0 Å². The maximum atomic E-state index is 10.6. The molecule has 0 radical (unpaired) electrons. The van der Waals surface area contributed by atoms with Gasteiger partial charge < -0.3 is 9.84 Å². The van der Waals surface area contributed by atoms with E-state index in [1.807, 2.05) is 30.3 Å². The van der Waals surface area contributed by atoms with Crippen molar-refractivity contribution in [2.75, 3.05) is 6.61 Å². The van der Waals surface area contributed by atoms with Crippen LogP contribution < -0.4 is 0 Å². The van der Waals surface area contributed by atoms with Crippen LogP contribution in [-0.2, 0) is 16.0 Å². The molecular weight excluding hydrogens is 192 g/mol. The summed E-state index contributed by atoms with van der Waals surface area (Å²) in [6.07, 6.45) is 0.473. The fourth-order valence-electron chi connectivity index (χ4n) is 1.34. The van der Waals surface area contributed by atoms with Gasteiger partial charge in [0.05, 0.1) is 5.60 Å². The van der Waals surface area contributed by atoms with Crippen LogP contribution >= 0.6 is 0 Å². The molecule has 1 aromatic rings. The number of rotatable bonds is 4. The van der Waals surface area contributed by atoms with E-state index in [4.69, 9.17) is 4.74 Å². The number of esters is 1. The lowest BCUT2D eigenvalue weighted by Crippen LogP contribution is -2.34. The molecule has 0 aliphatic rings. The van der Waals surface area contributed by atoms with Crippen LogP contribution in [0.3, 0.4) is 0 Å². The topological polar surface area (TPSA) is 46.5 Å². The molecule has 3 heteroatoms. The normalized spacial score (nSPS) is 14.3. The molecule has 1 atom stereocenters. The van der Waals surface area contributed by atoms with Crippen LogP contribution in [-0.4, -0.2) is 23.3 Å². The van der Waals surface area contributed by atoms with Crippen molar-refractivity contribution >= 4 is 5.97 Å². The highest BCUT2D eigenvalue weighted by molar-refractivity contribution is 5.65. The Morgan fingerprint density at radius 2 is 2.00 bits per heavy atom. The van der Waals surface area contributed by atoms with E-state index in [-0.39, 0.29) is 12.6 Å². The minimum atomic E-state index is -1.01. The Hall–Kier alpha value is -1.35. The molecule has 0 spiro atoms. The molecule has 82 valence electrons. The van der Waals surface area contributed by atoms with Gasteiger partial charge >= 0.3 is 5.97 Å². The standard InChI is InChI=1S/C12H16O3/c1-10(13)15-9-12(2,14)8-11-6-4-3-5-7-11/h3-7,14H,8-9H2,1-2H3/t12-/m1/s1. The van der Waals surface area contributed by atoms with Gasteiger partial charge in [0.15, 0.2) is 0 Å². The summed E-state index contributed by atoms with van der Waals surface area (Å²) in [7, 11) is 0. The lowest BCUT2D eigenvalue weighted by atomic mass is 9.97. The average Bonchev–Trinajstić information content (AvgIpc) is 2.16. The van der Waals surface area contributed by atoms with Crippen LogP contribution in [0.4, 0.5) is 0 Å². The molecule has 0 aromatic heterocycles. The molecular formula is C12H16O3. The number of carbonyl (C=O) groups excluding carboxylic acids is 1. The molecule has 0 saturated heterocycles. The minimum absolute atomic E-state index is 0.0250. The summed E-state index contributed by atoms with van der Waals surface area (Å²) in [5, 5.41) is 9.94. The molecule has 0 aliphatic carbocycles. The van der Waals surface area contributed by atoms with E-state index in [0.717, 1.165) is 5.56 Å². The van der Waals surface area contributed by atoms with E-state index in [9.17, 15) is 9.90 Å². The molecule has 0 unspecified atom stereocenters. The third-order valence-electron chi connectivity index (χ3n) is 2.01. The molecule has 15 heavy (non-hydrogen) atoms. The second kappa shape index (κ2) is 4.94. The van der Waals surface area contributed by atoms with Crippen LogP contribution in [0, 0.1) is 0 Å². The highest BCUT2D eigenvalue weighted by Gasteiger charge is 2.22. The van der Waals surface area contributed by atoms with Crippen molar-refractivity contribution in [3.8, 4) is 0 Å². The summed E-state index contributed by atoms with van der Waals surface area (Å²) in [6, 6.07) is 9.61. The molecule has 0 fully saturated rings. The number of benzene rings is 1. The smallest absolute Gasteiger partial charge is 0.302 e. The van der Waals surface area contributed by atoms with E-state index in [0.29, 0.717) is 6.42 Å². The first-order chi connectivity index (χ1) is 6.99. The molecule has 0 bridgehead atoms. The van der Waals surface area contributed by atoms with Crippen LogP contribution in [0.2, 0.25) is 0 Å². The van der Waals surface area contributed by atoms with E-state index in [2.05, 4.69) is 0 Å². The zero-order chi connectivity index (χ0) is 11.3. The van der Waals surface area contributed by atoms with Crippen molar-refractivity contribution in [3.63, 3.8) is 0 Å². The van der Waals surface area contributed by atoms with Gasteiger partial charge in [-0.05, 0) is 12.5 Å². The largest absolute Gasteiger partial charge is 0.463 e. The van der Waals surface area contributed by atoms with E-state index in [1.165, 1.54) is 6.92 Å². The Morgan fingerprint density at radius 3 is 2.53 bits per heavy atom. The number of ether oxygens (including phenoxy) is 1. The van der Waals surface area contributed by atoms with Crippen molar-refractivity contribution < 1.29 is 14.6 Å². The quantitative estimate of drug-likeness (QED) is 0.763. The molecule has 1 N–H and O–H groups in total. The third-order valence-corrected chi connectivity index (χ3v) is 2.01. The summed E-state index contributed by atoms with van der Waals surface area (Å²) < 4.78 is 4.79. The van der Waals surface area contributed by atoms with Crippen LogP contribution in [0.1, 0.15) is 19.4 Å². The predicted octanol–water partition coefficient (Wildman–Crippen LogP) is 1.54. The Kier molecular flexibility index (Phi) is 3.86. The first kappa shape index (κ1) is 11.7. The third kappa shape index (κ3) is 4.61. The Labute approximate surface area is 89.7 Å². The second-order valence-electron chi connectivity index (χ2n) is 3.94. The zero-order valence-corrected chi connectivity index (χ0v) is 9.06. The minimum Gasteiger partial charge on any atom is -0.463 e. The van der Waals surface area contributed by atoms with Crippen molar-refractivity contribution in [2.45, 2.75) is 25.9 Å². The molecule has 3 nitrogen and oxygen atoms in total. The first-order valence-electron chi connectivity index (χ1n) is 4.89. The van der Waals surface area contributed by atoms with Gasteiger partial charge in [0.1, 0.15) is 6.61 Å². The Balaban J connectivity index is 2.52. The van der Waals surface area contributed by atoms with Crippen LogP contribution in [0.25, 0.3) is 0 Å². The van der Waals surface area contributed by atoms with E-state index in [1.54, 1.807) is 6.92 Å². The summed E-state index contributed by atoms with van der Waals surface area (Å²) in [5.74, 6) is -0.372. The molecule has 1 rings (SSSR count). The Morgan fingerprint density at radius 1 is 1.40 bits per heavy atom. The van der Waals surface area contributed by atoms with Gasteiger partial charge in [-0.1, -0.05) is 30.3 Å². The summed E-state index contributed by atoms with van der Waals surface area (Å²) in [6.45, 7) is 3.01. The molecule has 0 heterocycles. The van der Waals surface area contributed by atoms with Crippen molar-refractivity contribution in [1.29, 1.82) is 0 Å². The molecule has 0 amide bonds. The highest BCUT2D eigenvalue weighted by Crippen LogP contribution is 2.13. The predicted molar refractivity (Wildman–Crippen MR) is 57.4 cm³/mol. The number of hydrogen-bond donors (Lipinski definition) is 1. The van der Waals surface area contributed by atoms with E-state index >= 15 is 0 Å². The van der Waals surface area contributed by atoms with Gasteiger partial charge in [0.25, 0.3) is 0 Å². The van der Waals surface area contributed by atoms with Crippen molar-refractivity contribution in [1.82, 2.24) is 0 Å². The van der Waals surface area contributed by atoms with Gasteiger partial charge in [-0.15, -0.1) is 0 Å². The number of aliphatic hydroxyl groups is 1. The zero-order valence-electron chi connectivity index (χ0n) is 9.06. The maximum absolute atomic E-state index is 10.6. The van der Waals surface area contributed by atoms with Gasteiger partial charge in [-0.2, -0.15) is 0 Å². The SMILES string of the molecule is CC(=O)OC[C@](C)(O)Cc1ccccc1. The van der Waals surface area contributed by atoms with Gasteiger partial charge in [-0.25, -0.2) is 0 Å². The number of carbonyl (C=O) groups is 1. The summed E-state index contributed by atoms with van der Waals surface area (Å²) in [5.41, 5.74) is 0.0159. The van der Waals surface area contributed by atoms with Gasteiger partial charge in [0, 0.05) is 13.3 Å². The second-order valence-corrected chi connectivity index (χ2v) is 3.94. The highest BCUT2D eigenvalue weighted by atomic mass is 16.5. The lowest BCUT2D eigenvalue weighted by molar-refractivity contribution is -0.147. The summed E-state index contributed by atoms with van der Waals surface area (Å²) in [4.78, 5) is 10.6. The fraction of sp³-hybridized carbons (Fsp3) is 0.417.